The average Bonchev–Trinajstić information content (AvgIpc) is 1.88. The normalized spacial score (nSPS) is 17.7. The van der Waals surface area contributed by atoms with Crippen LogP contribution in [0.5, 0.6) is 0 Å². The summed E-state index contributed by atoms with van der Waals surface area (Å²) < 4.78 is 15.3. The first kappa shape index (κ1) is 11.1. The quantitative estimate of drug-likeness (QED) is 0.496. The fourth-order valence-electron chi connectivity index (χ4n) is 0.906. The van der Waals surface area contributed by atoms with Crippen LogP contribution in [0.15, 0.2) is 0 Å². The second-order valence-electron chi connectivity index (χ2n) is 2.11. The van der Waals surface area contributed by atoms with Gasteiger partial charge in [0.1, 0.15) is 0 Å². The van der Waals surface area contributed by atoms with E-state index in [4.69, 9.17) is 13.7 Å². The first-order valence-electron chi connectivity index (χ1n) is 4.15. The zero-order valence-corrected chi connectivity index (χ0v) is 7.96. The van der Waals surface area contributed by atoms with Crippen molar-refractivity contribution in [1.82, 2.24) is 0 Å². The van der Waals surface area contributed by atoms with Crippen LogP contribution >= 0.6 is 0 Å². The summed E-state index contributed by atoms with van der Waals surface area (Å²) in [6.07, 6.45) is 0. The molecule has 1 aliphatic heterocycles. The van der Waals surface area contributed by atoms with Gasteiger partial charge in [-0.25, -0.2) is 0 Å². The average molecular weight is 156 g/mol. The lowest BCUT2D eigenvalue weighted by Crippen LogP contribution is -2.44. The standard InChI is InChI=1S/C3H9B3O3.C2H6/c1-4-7-5(2)9-6(3)8-4;1-2/h1-3H3;1-2H3. The number of rotatable bonds is 0. The Morgan fingerprint density at radius 3 is 1.00 bits per heavy atom. The summed E-state index contributed by atoms with van der Waals surface area (Å²) in [5.74, 6) is 0. The molecule has 1 fully saturated rings. The van der Waals surface area contributed by atoms with E-state index in [0.29, 0.717) is 0 Å². The third-order valence-electron chi connectivity index (χ3n) is 1.15. The summed E-state index contributed by atoms with van der Waals surface area (Å²) in [7, 11) is -0.406. The van der Waals surface area contributed by atoms with Gasteiger partial charge in [-0.1, -0.05) is 13.8 Å². The molecule has 0 aromatic rings. The fourth-order valence-corrected chi connectivity index (χ4v) is 0.906. The molecule has 62 valence electrons. The minimum Gasteiger partial charge on any atom is -0.453 e. The Morgan fingerprint density at radius 2 is 0.818 bits per heavy atom. The van der Waals surface area contributed by atoms with Crippen molar-refractivity contribution in [3.05, 3.63) is 0 Å². The predicted molar refractivity (Wildman–Crippen MR) is 49.5 cm³/mol. The van der Waals surface area contributed by atoms with Gasteiger partial charge in [0.05, 0.1) is 0 Å². The molecule has 0 amide bonds. The molecule has 0 unspecified atom stereocenters. The third-order valence-corrected chi connectivity index (χ3v) is 1.15. The summed E-state index contributed by atoms with van der Waals surface area (Å²) in [5.41, 5.74) is 0. The predicted octanol–water partition coefficient (Wildman–Crippen LogP) is 1.43. The zero-order chi connectivity index (χ0) is 8.85. The van der Waals surface area contributed by atoms with Gasteiger partial charge in [-0.3, -0.25) is 0 Å². The maximum atomic E-state index is 5.11. The molecule has 0 spiro atoms. The molecule has 0 aliphatic carbocycles. The molecular weight excluding hydrogens is 140 g/mol. The van der Waals surface area contributed by atoms with Gasteiger partial charge in [-0.15, -0.1) is 0 Å². The molecular formula is C5H15B3O3. The molecule has 1 heterocycles. The largest absolute Gasteiger partial charge is 0.453 e. The van der Waals surface area contributed by atoms with Crippen molar-refractivity contribution in [2.24, 2.45) is 0 Å². The lowest BCUT2D eigenvalue weighted by Gasteiger charge is -2.25. The van der Waals surface area contributed by atoms with Crippen LogP contribution in [-0.4, -0.2) is 21.4 Å². The highest BCUT2D eigenvalue weighted by Gasteiger charge is 2.31. The lowest BCUT2D eigenvalue weighted by atomic mass is 9.74. The van der Waals surface area contributed by atoms with Crippen LogP contribution in [0.2, 0.25) is 20.5 Å². The van der Waals surface area contributed by atoms with Crippen LogP contribution in [0.4, 0.5) is 0 Å². The first-order valence-corrected chi connectivity index (χ1v) is 4.15. The van der Waals surface area contributed by atoms with Gasteiger partial charge in [0.15, 0.2) is 0 Å². The van der Waals surface area contributed by atoms with Crippen LogP contribution in [-0.2, 0) is 13.7 Å². The van der Waals surface area contributed by atoms with Crippen molar-refractivity contribution >= 4 is 21.4 Å². The fraction of sp³-hybridized carbons (Fsp3) is 1.00. The van der Waals surface area contributed by atoms with Gasteiger partial charge in [0, 0.05) is 0 Å². The van der Waals surface area contributed by atoms with Crippen molar-refractivity contribution in [2.75, 3.05) is 0 Å². The third kappa shape index (κ3) is 4.51. The Bertz CT molecular complexity index is 78.0. The van der Waals surface area contributed by atoms with Gasteiger partial charge < -0.3 is 13.7 Å². The summed E-state index contributed by atoms with van der Waals surface area (Å²) in [6.45, 7) is 9.57. The summed E-state index contributed by atoms with van der Waals surface area (Å²) >= 11 is 0. The molecule has 0 saturated carbocycles. The van der Waals surface area contributed by atoms with Crippen molar-refractivity contribution in [3.8, 4) is 0 Å². The Morgan fingerprint density at radius 1 is 0.636 bits per heavy atom. The minimum atomic E-state index is -0.135. The zero-order valence-electron chi connectivity index (χ0n) is 7.96. The topological polar surface area (TPSA) is 27.7 Å². The number of hydrogen-bond acceptors (Lipinski definition) is 3. The molecule has 0 aromatic carbocycles. The van der Waals surface area contributed by atoms with Crippen LogP contribution in [0, 0.1) is 0 Å². The molecule has 1 rings (SSSR count). The van der Waals surface area contributed by atoms with E-state index in [1.807, 2.05) is 34.3 Å². The minimum absolute atomic E-state index is 0.135. The Kier molecular flexibility index (Phi) is 5.73. The van der Waals surface area contributed by atoms with E-state index < -0.39 is 0 Å². The van der Waals surface area contributed by atoms with Crippen LogP contribution in [0.3, 0.4) is 0 Å². The Hall–Kier alpha value is 0.0748. The lowest BCUT2D eigenvalue weighted by molar-refractivity contribution is 0.294. The van der Waals surface area contributed by atoms with Gasteiger partial charge in [-0.05, 0) is 20.5 Å². The van der Waals surface area contributed by atoms with E-state index in [-0.39, 0.29) is 21.4 Å². The van der Waals surface area contributed by atoms with E-state index >= 15 is 0 Å². The summed E-state index contributed by atoms with van der Waals surface area (Å²) in [4.78, 5) is 0. The molecule has 0 aromatic heterocycles. The van der Waals surface area contributed by atoms with Crippen LogP contribution < -0.4 is 0 Å². The van der Waals surface area contributed by atoms with Gasteiger partial charge in [-0.2, -0.15) is 0 Å². The van der Waals surface area contributed by atoms with E-state index in [2.05, 4.69) is 0 Å². The van der Waals surface area contributed by atoms with Gasteiger partial charge in [0.25, 0.3) is 0 Å². The molecule has 0 bridgehead atoms. The van der Waals surface area contributed by atoms with Gasteiger partial charge in [0.2, 0.25) is 0 Å². The molecule has 1 saturated heterocycles. The number of hydrogen-bond donors (Lipinski definition) is 0. The Labute approximate surface area is 70.2 Å². The highest BCUT2D eigenvalue weighted by atomic mass is 16.7. The summed E-state index contributed by atoms with van der Waals surface area (Å²) in [6, 6.07) is 0. The highest BCUT2D eigenvalue weighted by Crippen LogP contribution is 2.06. The van der Waals surface area contributed by atoms with Crippen LogP contribution in [0.1, 0.15) is 13.8 Å². The highest BCUT2D eigenvalue weighted by molar-refractivity contribution is 6.72. The molecule has 11 heavy (non-hydrogen) atoms. The summed E-state index contributed by atoms with van der Waals surface area (Å²) in [5, 5.41) is 0. The Balaban J connectivity index is 0.000000461. The second kappa shape index (κ2) is 5.69. The molecule has 0 N–H and O–H groups in total. The molecule has 0 atom stereocenters. The van der Waals surface area contributed by atoms with E-state index in [0.717, 1.165) is 0 Å². The maximum Gasteiger partial charge on any atom is 0.426 e. The second-order valence-corrected chi connectivity index (χ2v) is 2.11. The maximum absolute atomic E-state index is 5.11. The van der Waals surface area contributed by atoms with Crippen molar-refractivity contribution in [1.29, 1.82) is 0 Å². The van der Waals surface area contributed by atoms with Crippen LogP contribution in [0.25, 0.3) is 0 Å². The van der Waals surface area contributed by atoms with Crippen molar-refractivity contribution < 1.29 is 13.7 Å². The molecule has 3 nitrogen and oxygen atoms in total. The molecule has 1 aliphatic rings. The van der Waals surface area contributed by atoms with Crippen molar-refractivity contribution in [3.63, 3.8) is 0 Å². The van der Waals surface area contributed by atoms with Gasteiger partial charge >= 0.3 is 21.4 Å². The monoisotopic (exact) mass is 156 g/mol. The van der Waals surface area contributed by atoms with E-state index in [1.54, 1.807) is 0 Å². The van der Waals surface area contributed by atoms with Crippen molar-refractivity contribution in [2.45, 2.75) is 34.3 Å². The SMILES string of the molecule is CB1OB(C)OB(C)O1.CC. The molecule has 0 radical (unpaired) electrons. The smallest absolute Gasteiger partial charge is 0.426 e. The molecule has 6 heteroatoms. The first-order chi connectivity index (χ1) is 5.18. The van der Waals surface area contributed by atoms with E-state index in [9.17, 15) is 0 Å². The van der Waals surface area contributed by atoms with E-state index in [1.165, 1.54) is 0 Å².